The average molecular weight is 540 g/mol. The smallest absolute Gasteiger partial charge is 0.253 e. The van der Waals surface area contributed by atoms with Gasteiger partial charge in [-0.15, -0.1) is 23.5 Å². The van der Waals surface area contributed by atoms with Gasteiger partial charge in [0.15, 0.2) is 18.9 Å². The lowest BCUT2D eigenvalue weighted by atomic mass is 10.0. The minimum Gasteiger partial charge on any atom is -0.543 e. The van der Waals surface area contributed by atoms with Gasteiger partial charge in [0.2, 0.25) is 5.91 Å². The lowest BCUT2D eigenvalue weighted by Crippen LogP contribution is -2.71. The zero-order valence-electron chi connectivity index (χ0n) is 17.6. The number of aromatic nitrogens is 1. The molecule has 0 saturated carbocycles. The molecule has 0 spiro atoms. The van der Waals surface area contributed by atoms with Gasteiger partial charge in [-0.1, -0.05) is 23.2 Å². The van der Waals surface area contributed by atoms with Gasteiger partial charge in [-0.25, -0.2) is 4.57 Å². The van der Waals surface area contributed by atoms with Crippen LogP contribution in [0.25, 0.3) is 0 Å². The van der Waals surface area contributed by atoms with Crippen LogP contribution in [-0.4, -0.2) is 50.7 Å². The van der Waals surface area contributed by atoms with Gasteiger partial charge in [0.25, 0.3) is 5.91 Å². The molecule has 0 aliphatic carbocycles. The molecule has 1 aromatic carbocycles. The second kappa shape index (κ2) is 10.6. The predicted molar refractivity (Wildman–Crippen MR) is 127 cm³/mol. The maximum atomic E-state index is 12.8. The molecule has 2 aliphatic rings. The van der Waals surface area contributed by atoms with Crippen molar-refractivity contribution in [1.29, 1.82) is 0 Å². The number of carboxylic acids is 1. The molecule has 0 unspecified atom stereocenters. The molecule has 1 aromatic heterocycles. The summed E-state index contributed by atoms with van der Waals surface area (Å²) in [6, 6.07) is 7.58. The number of nitrogens with zero attached hydrogens (tertiary/aromatic N) is 2. The van der Waals surface area contributed by atoms with Gasteiger partial charge < -0.3 is 20.3 Å². The van der Waals surface area contributed by atoms with Crippen LogP contribution in [-0.2, 0) is 27.5 Å². The van der Waals surface area contributed by atoms with Crippen molar-refractivity contribution in [2.75, 3.05) is 11.5 Å². The van der Waals surface area contributed by atoms with E-state index < -0.39 is 23.3 Å². The fraction of sp³-hybridized carbons (Fsp3) is 0.273. The average Bonchev–Trinajstić information content (AvgIpc) is 2.83. The minimum absolute atomic E-state index is 0.0239. The molecule has 0 radical (unpaired) electrons. The highest BCUT2D eigenvalue weighted by Crippen LogP contribution is 2.40. The number of rotatable bonds is 8. The predicted octanol–water partition coefficient (Wildman–Crippen LogP) is 0.969. The number of pyridine rings is 1. The van der Waals surface area contributed by atoms with Crippen LogP contribution in [0.5, 0.6) is 0 Å². The highest BCUT2D eigenvalue weighted by atomic mass is 35.5. The third-order valence-electron chi connectivity index (χ3n) is 5.33. The molecule has 3 heterocycles. The number of aliphatic hydroxyl groups excluding tert-OH is 1. The van der Waals surface area contributed by atoms with Gasteiger partial charge >= 0.3 is 0 Å². The van der Waals surface area contributed by atoms with Crippen molar-refractivity contribution in [3.8, 4) is 0 Å². The third-order valence-corrected chi connectivity index (χ3v) is 8.40. The van der Waals surface area contributed by atoms with E-state index in [2.05, 4.69) is 5.32 Å². The molecular formula is C22H19Cl2N3O5S2. The van der Waals surface area contributed by atoms with Crippen LogP contribution in [0, 0.1) is 0 Å². The van der Waals surface area contributed by atoms with Gasteiger partial charge in [0.1, 0.15) is 11.4 Å². The molecular weight excluding hydrogens is 521 g/mol. The number of hydrogen-bond donors (Lipinski definition) is 2. The highest BCUT2D eigenvalue weighted by molar-refractivity contribution is 8.00. The molecule has 34 heavy (non-hydrogen) atoms. The number of carbonyl (C=O) groups is 3. The summed E-state index contributed by atoms with van der Waals surface area (Å²) in [6.45, 7) is 0.165. The van der Waals surface area contributed by atoms with Crippen molar-refractivity contribution in [2.24, 2.45) is 0 Å². The van der Waals surface area contributed by atoms with Crippen LogP contribution in [0.2, 0.25) is 10.0 Å². The van der Waals surface area contributed by atoms with E-state index in [1.165, 1.54) is 28.4 Å². The number of aliphatic carboxylic acids is 1. The summed E-state index contributed by atoms with van der Waals surface area (Å²) in [5.74, 6) is -1.91. The van der Waals surface area contributed by atoms with Crippen LogP contribution in [0.15, 0.2) is 58.9 Å². The van der Waals surface area contributed by atoms with E-state index in [0.29, 0.717) is 26.3 Å². The fourth-order valence-corrected chi connectivity index (χ4v) is 6.30. The van der Waals surface area contributed by atoms with Crippen LogP contribution in [0.4, 0.5) is 0 Å². The molecule has 2 aliphatic heterocycles. The molecule has 8 nitrogen and oxygen atoms in total. The fourth-order valence-electron chi connectivity index (χ4n) is 3.66. The van der Waals surface area contributed by atoms with Crippen molar-refractivity contribution in [3.05, 3.63) is 69.6 Å². The number of aliphatic hydroxyl groups is 1. The first kappa shape index (κ1) is 24.9. The number of fused-ring (bicyclic) bond motifs is 1. The zero-order chi connectivity index (χ0) is 24.4. The molecule has 1 saturated heterocycles. The summed E-state index contributed by atoms with van der Waals surface area (Å²) in [6.07, 6.45) is 3.46. The maximum Gasteiger partial charge on any atom is 0.253 e. The van der Waals surface area contributed by atoms with Crippen LogP contribution in [0.1, 0.15) is 5.56 Å². The summed E-state index contributed by atoms with van der Waals surface area (Å²) in [7, 11) is 0. The van der Waals surface area contributed by atoms with E-state index in [9.17, 15) is 24.6 Å². The summed E-state index contributed by atoms with van der Waals surface area (Å²) in [5.41, 5.74) is 1.11. The number of hydrogen-bond acceptors (Lipinski definition) is 7. The molecule has 2 aromatic rings. The minimum atomic E-state index is -1.43. The lowest BCUT2D eigenvalue weighted by Gasteiger charge is -2.50. The van der Waals surface area contributed by atoms with Gasteiger partial charge in [0, 0.05) is 33.4 Å². The van der Waals surface area contributed by atoms with E-state index in [1.807, 2.05) is 0 Å². The first-order chi connectivity index (χ1) is 16.3. The first-order valence-corrected chi connectivity index (χ1v) is 12.9. The topological polar surface area (TPSA) is 114 Å². The second-order valence-electron chi connectivity index (χ2n) is 7.59. The standard InChI is InChI=1S/C22H19Cl2N3O5S2/c23-14-1-2-15(24)16(7-14)33-11-17(29)25-18-20(30)27-19(22(31)32)13(10-34-21(18)27)8-26-5-3-12(9-28)4-6-26/h1-7,18,21,28H,8-11H2,(H-,25,29,31,32)/t18-,21-/m1/s1. The number of carboxylic acid groups (broad SMARTS) is 1. The maximum absolute atomic E-state index is 12.8. The quantitative estimate of drug-likeness (QED) is 0.292. The summed E-state index contributed by atoms with van der Waals surface area (Å²) >= 11 is 14.7. The number of nitrogens with one attached hydrogen (secondary N) is 1. The largest absolute Gasteiger partial charge is 0.543 e. The van der Waals surface area contributed by atoms with Gasteiger partial charge in [0.05, 0.1) is 29.0 Å². The molecule has 2 atom stereocenters. The number of benzene rings is 1. The van der Waals surface area contributed by atoms with E-state index >= 15 is 0 Å². The normalized spacial score (nSPS) is 19.5. The van der Waals surface area contributed by atoms with Crippen molar-refractivity contribution in [3.63, 3.8) is 0 Å². The molecule has 12 heteroatoms. The Morgan fingerprint density at radius 1 is 1.26 bits per heavy atom. The van der Waals surface area contributed by atoms with E-state index in [4.69, 9.17) is 23.2 Å². The Bertz CT molecular complexity index is 1180. The first-order valence-electron chi connectivity index (χ1n) is 10.1. The third kappa shape index (κ3) is 5.21. The van der Waals surface area contributed by atoms with Crippen LogP contribution in [0.3, 0.4) is 0 Å². The Balaban J connectivity index is 1.42. The van der Waals surface area contributed by atoms with Gasteiger partial charge in [-0.05, 0) is 23.8 Å². The molecule has 2 amide bonds. The summed E-state index contributed by atoms with van der Waals surface area (Å²) in [5, 5.41) is 24.2. The number of amides is 2. The van der Waals surface area contributed by atoms with E-state index in [0.717, 1.165) is 5.56 Å². The molecule has 4 rings (SSSR count). The Morgan fingerprint density at radius 2 is 2.00 bits per heavy atom. The SMILES string of the molecule is O=C(CSc1cc(Cl)ccc1Cl)N[C@@H]1C(=O)N2C(C(=O)[O-])=C(C[n+]3ccc(CO)cc3)CS[C@H]12. The molecule has 1 fully saturated rings. The Hall–Kier alpha value is -2.24. The Kier molecular flexibility index (Phi) is 7.73. The number of β-lactam (4-membered cyclic amide) rings is 1. The van der Waals surface area contributed by atoms with Crippen LogP contribution >= 0.6 is 46.7 Å². The van der Waals surface area contributed by atoms with Gasteiger partial charge in [-0.3, -0.25) is 14.5 Å². The van der Waals surface area contributed by atoms with Crippen molar-refractivity contribution in [1.82, 2.24) is 10.2 Å². The summed E-state index contributed by atoms with van der Waals surface area (Å²) in [4.78, 5) is 39.0. The van der Waals surface area contributed by atoms with Crippen molar-refractivity contribution < 1.29 is 29.2 Å². The second-order valence-corrected chi connectivity index (χ2v) is 10.6. The monoisotopic (exact) mass is 539 g/mol. The number of halogens is 2. The summed E-state index contributed by atoms with van der Waals surface area (Å²) < 4.78 is 1.76. The lowest BCUT2D eigenvalue weighted by molar-refractivity contribution is -0.689. The number of thioether (sulfide) groups is 2. The number of carbonyl (C=O) groups excluding carboxylic acids is 3. The van der Waals surface area contributed by atoms with E-state index in [-0.39, 0.29) is 30.5 Å². The molecule has 0 bridgehead atoms. The molecule has 178 valence electrons. The van der Waals surface area contributed by atoms with Crippen molar-refractivity contribution in [2.45, 2.75) is 29.5 Å². The Labute approximate surface area is 213 Å². The molecule has 2 N–H and O–H groups in total. The highest BCUT2D eigenvalue weighted by Gasteiger charge is 2.53. The zero-order valence-corrected chi connectivity index (χ0v) is 20.7. The Morgan fingerprint density at radius 3 is 2.68 bits per heavy atom. The van der Waals surface area contributed by atoms with Gasteiger partial charge in [-0.2, -0.15) is 0 Å². The van der Waals surface area contributed by atoms with E-state index in [1.54, 1.807) is 47.3 Å². The van der Waals surface area contributed by atoms with Crippen molar-refractivity contribution >= 4 is 64.5 Å². The van der Waals surface area contributed by atoms with Crippen LogP contribution < -0.4 is 15.0 Å².